The van der Waals surface area contributed by atoms with Crippen LogP contribution in [0.4, 0.5) is 4.79 Å². The molecule has 0 unspecified atom stereocenters. The number of hydrogen-bond donors (Lipinski definition) is 3. The largest absolute Gasteiger partial charge is 0.481 e. The number of amides is 2. The molecule has 1 saturated carbocycles. The van der Waals surface area contributed by atoms with Gasteiger partial charge in [0.2, 0.25) is 0 Å². The highest BCUT2D eigenvalue weighted by Gasteiger charge is 2.27. The third kappa shape index (κ3) is 3.88. The standard InChI is InChI=1S/C21H26N4O3/c26-20(27)14-9-11-15(12-10-14)23-21(28)22-13-18-17-7-4-8-19(17)25(24-18)16-5-2-1-3-6-16/h1-3,5-6,14-15H,4,7-13H2,(H,26,27)(H2,22,23,28). The van der Waals surface area contributed by atoms with Crippen molar-refractivity contribution in [2.24, 2.45) is 5.92 Å². The Morgan fingerprint density at radius 2 is 1.86 bits per heavy atom. The van der Waals surface area contributed by atoms with E-state index < -0.39 is 5.97 Å². The summed E-state index contributed by atoms with van der Waals surface area (Å²) >= 11 is 0. The normalized spacial score (nSPS) is 21.1. The highest BCUT2D eigenvalue weighted by Crippen LogP contribution is 2.28. The molecule has 1 fully saturated rings. The molecule has 0 aliphatic heterocycles. The molecule has 1 aromatic carbocycles. The minimum atomic E-state index is -0.731. The van der Waals surface area contributed by atoms with Gasteiger partial charge < -0.3 is 15.7 Å². The van der Waals surface area contributed by atoms with Crippen molar-refractivity contribution in [3.8, 4) is 5.69 Å². The number of rotatable bonds is 5. The molecule has 1 aromatic heterocycles. The summed E-state index contributed by atoms with van der Waals surface area (Å²) in [4.78, 5) is 23.3. The lowest BCUT2D eigenvalue weighted by Gasteiger charge is -2.26. The van der Waals surface area contributed by atoms with Gasteiger partial charge in [-0.1, -0.05) is 18.2 Å². The van der Waals surface area contributed by atoms with Crippen LogP contribution in [0.1, 0.15) is 49.1 Å². The number of aromatic nitrogens is 2. The minimum absolute atomic E-state index is 0.0446. The van der Waals surface area contributed by atoms with Gasteiger partial charge in [-0.05, 0) is 62.6 Å². The Bertz CT molecular complexity index is 854. The van der Waals surface area contributed by atoms with E-state index in [1.165, 1.54) is 11.3 Å². The highest BCUT2D eigenvalue weighted by atomic mass is 16.4. The van der Waals surface area contributed by atoms with Crippen molar-refractivity contribution in [2.45, 2.75) is 57.5 Å². The molecule has 7 heteroatoms. The number of carboxylic acid groups (broad SMARTS) is 1. The lowest BCUT2D eigenvalue weighted by Crippen LogP contribution is -2.44. The number of nitrogens with zero attached hydrogens (tertiary/aromatic N) is 2. The van der Waals surface area contributed by atoms with Gasteiger partial charge in [-0.25, -0.2) is 9.48 Å². The van der Waals surface area contributed by atoms with Crippen LogP contribution in [0.5, 0.6) is 0 Å². The number of urea groups is 1. The molecular weight excluding hydrogens is 356 g/mol. The third-order valence-corrected chi connectivity index (χ3v) is 5.84. The molecule has 0 radical (unpaired) electrons. The Labute approximate surface area is 164 Å². The van der Waals surface area contributed by atoms with E-state index in [0.29, 0.717) is 32.2 Å². The first-order valence-electron chi connectivity index (χ1n) is 10.0. The van der Waals surface area contributed by atoms with Gasteiger partial charge in [0.25, 0.3) is 0 Å². The van der Waals surface area contributed by atoms with Gasteiger partial charge in [0.15, 0.2) is 0 Å². The van der Waals surface area contributed by atoms with E-state index in [2.05, 4.69) is 10.6 Å². The van der Waals surface area contributed by atoms with Crippen molar-refractivity contribution in [1.29, 1.82) is 0 Å². The average molecular weight is 382 g/mol. The Hall–Kier alpha value is -2.83. The predicted octanol–water partition coefficient (Wildman–Crippen LogP) is 2.80. The average Bonchev–Trinajstić information content (AvgIpc) is 3.30. The van der Waals surface area contributed by atoms with E-state index in [1.54, 1.807) is 0 Å². The molecule has 2 aliphatic carbocycles. The zero-order valence-corrected chi connectivity index (χ0v) is 15.9. The molecule has 148 valence electrons. The van der Waals surface area contributed by atoms with Crippen LogP contribution in [-0.2, 0) is 24.2 Å². The Morgan fingerprint density at radius 1 is 1.11 bits per heavy atom. The second kappa shape index (κ2) is 8.04. The Balaban J connectivity index is 1.35. The third-order valence-electron chi connectivity index (χ3n) is 5.84. The van der Waals surface area contributed by atoms with Crippen LogP contribution in [0.3, 0.4) is 0 Å². The lowest BCUT2D eigenvalue weighted by atomic mass is 9.86. The van der Waals surface area contributed by atoms with Gasteiger partial charge in [-0.15, -0.1) is 0 Å². The molecule has 0 spiro atoms. The number of para-hydroxylation sites is 1. The Morgan fingerprint density at radius 3 is 2.57 bits per heavy atom. The number of aliphatic carboxylic acids is 1. The number of carbonyl (C=O) groups excluding carboxylic acids is 1. The molecular formula is C21H26N4O3. The molecule has 2 amide bonds. The molecule has 3 N–H and O–H groups in total. The summed E-state index contributed by atoms with van der Waals surface area (Å²) in [5.41, 5.74) is 4.48. The van der Waals surface area contributed by atoms with E-state index in [4.69, 9.17) is 10.2 Å². The molecule has 2 aromatic rings. The van der Waals surface area contributed by atoms with Gasteiger partial charge in [-0.3, -0.25) is 4.79 Å². The minimum Gasteiger partial charge on any atom is -0.481 e. The molecule has 0 saturated heterocycles. The van der Waals surface area contributed by atoms with Gasteiger partial charge >= 0.3 is 12.0 Å². The van der Waals surface area contributed by atoms with Crippen molar-refractivity contribution in [2.75, 3.05) is 0 Å². The smallest absolute Gasteiger partial charge is 0.315 e. The maximum absolute atomic E-state index is 12.3. The molecule has 0 atom stereocenters. The summed E-state index contributed by atoms with van der Waals surface area (Å²) in [5, 5.41) is 19.7. The van der Waals surface area contributed by atoms with Crippen LogP contribution in [-0.4, -0.2) is 32.9 Å². The fourth-order valence-corrected chi connectivity index (χ4v) is 4.32. The highest BCUT2D eigenvalue weighted by molar-refractivity contribution is 5.74. The summed E-state index contributed by atoms with van der Waals surface area (Å²) in [6.45, 7) is 0.401. The SMILES string of the molecule is O=C(NCc1nn(-c2ccccc2)c2c1CCC2)NC1CCC(C(=O)O)CC1. The summed E-state index contributed by atoms with van der Waals surface area (Å²) in [7, 11) is 0. The van der Waals surface area contributed by atoms with E-state index >= 15 is 0 Å². The number of nitrogens with one attached hydrogen (secondary N) is 2. The molecule has 1 heterocycles. The van der Waals surface area contributed by atoms with E-state index in [0.717, 1.165) is 30.6 Å². The van der Waals surface area contributed by atoms with E-state index in [-0.39, 0.29) is 18.0 Å². The van der Waals surface area contributed by atoms with E-state index in [9.17, 15) is 9.59 Å². The maximum atomic E-state index is 12.3. The monoisotopic (exact) mass is 382 g/mol. The van der Waals surface area contributed by atoms with Crippen LogP contribution in [0.25, 0.3) is 5.69 Å². The van der Waals surface area contributed by atoms with E-state index in [1.807, 2.05) is 35.0 Å². The number of carbonyl (C=O) groups is 2. The summed E-state index contributed by atoms with van der Waals surface area (Å²) < 4.78 is 2.00. The first kappa shape index (κ1) is 18.5. The van der Waals surface area contributed by atoms with Crippen molar-refractivity contribution in [1.82, 2.24) is 20.4 Å². The van der Waals surface area contributed by atoms with Gasteiger partial charge in [0.05, 0.1) is 23.8 Å². The Kier molecular flexibility index (Phi) is 5.32. The van der Waals surface area contributed by atoms with Crippen LogP contribution in [0.2, 0.25) is 0 Å². The number of hydrogen-bond acceptors (Lipinski definition) is 3. The summed E-state index contributed by atoms with van der Waals surface area (Å²) in [6, 6.07) is 9.92. The van der Waals surface area contributed by atoms with Crippen molar-refractivity contribution >= 4 is 12.0 Å². The quantitative estimate of drug-likeness (QED) is 0.741. The second-order valence-electron chi connectivity index (χ2n) is 7.69. The van der Waals surface area contributed by atoms with Crippen LogP contribution < -0.4 is 10.6 Å². The summed E-state index contributed by atoms with van der Waals surface area (Å²) in [6.07, 6.45) is 5.79. The first-order chi connectivity index (χ1) is 13.6. The zero-order chi connectivity index (χ0) is 19.5. The van der Waals surface area contributed by atoms with Gasteiger partial charge in [0, 0.05) is 11.7 Å². The zero-order valence-electron chi connectivity index (χ0n) is 15.9. The summed E-state index contributed by atoms with van der Waals surface area (Å²) in [5.74, 6) is -1.00. The topological polar surface area (TPSA) is 96.3 Å². The molecule has 4 rings (SSSR count). The van der Waals surface area contributed by atoms with Crippen LogP contribution in [0, 0.1) is 5.92 Å². The number of carboxylic acids is 1. The van der Waals surface area contributed by atoms with Crippen LogP contribution in [0.15, 0.2) is 30.3 Å². The molecule has 0 bridgehead atoms. The van der Waals surface area contributed by atoms with Crippen LogP contribution >= 0.6 is 0 Å². The number of benzene rings is 1. The van der Waals surface area contributed by atoms with Crippen molar-refractivity contribution < 1.29 is 14.7 Å². The predicted molar refractivity (Wildman–Crippen MR) is 104 cm³/mol. The maximum Gasteiger partial charge on any atom is 0.315 e. The lowest BCUT2D eigenvalue weighted by molar-refractivity contribution is -0.142. The molecule has 2 aliphatic rings. The fourth-order valence-electron chi connectivity index (χ4n) is 4.32. The van der Waals surface area contributed by atoms with Gasteiger partial charge in [0.1, 0.15) is 0 Å². The molecule has 7 nitrogen and oxygen atoms in total. The first-order valence-corrected chi connectivity index (χ1v) is 10.0. The fraction of sp³-hybridized carbons (Fsp3) is 0.476. The van der Waals surface area contributed by atoms with Crippen molar-refractivity contribution in [3.63, 3.8) is 0 Å². The van der Waals surface area contributed by atoms with Gasteiger partial charge in [-0.2, -0.15) is 5.10 Å². The number of fused-ring (bicyclic) bond motifs is 1. The van der Waals surface area contributed by atoms with Crippen molar-refractivity contribution in [3.05, 3.63) is 47.3 Å². The second-order valence-corrected chi connectivity index (χ2v) is 7.69. The molecule has 28 heavy (non-hydrogen) atoms.